The van der Waals surface area contributed by atoms with Crippen molar-refractivity contribution in [1.29, 1.82) is 0 Å². The fourth-order valence-corrected chi connectivity index (χ4v) is 2.64. The van der Waals surface area contributed by atoms with Crippen LogP contribution in [0.1, 0.15) is 42.1 Å². The lowest BCUT2D eigenvalue weighted by atomic mass is 9.92. The summed E-state index contributed by atoms with van der Waals surface area (Å²) >= 11 is 0. The molecule has 3 rings (SSSR count). The lowest BCUT2D eigenvalue weighted by Crippen LogP contribution is -2.18. The number of aryl methyl sites for hydroxylation is 1. The second kappa shape index (κ2) is 4.17. The standard InChI is InChI=1S/C15H18O2/c1-10(11-7-8-11)14(16)13-6-2-4-12-5-3-9-17-15(12)13/h2,4,6,10-11H,3,5,7-9H2,1H3. The van der Waals surface area contributed by atoms with Crippen molar-refractivity contribution in [3.05, 3.63) is 29.3 Å². The molecule has 1 aromatic rings. The van der Waals surface area contributed by atoms with Crippen LogP contribution in [0, 0.1) is 11.8 Å². The number of hydrogen-bond acceptors (Lipinski definition) is 2. The number of para-hydroxylation sites is 1. The van der Waals surface area contributed by atoms with Crippen LogP contribution in [-0.4, -0.2) is 12.4 Å². The topological polar surface area (TPSA) is 26.3 Å². The largest absolute Gasteiger partial charge is 0.493 e. The Morgan fingerprint density at radius 3 is 3.00 bits per heavy atom. The quantitative estimate of drug-likeness (QED) is 0.745. The van der Waals surface area contributed by atoms with Crippen molar-refractivity contribution in [2.24, 2.45) is 11.8 Å². The van der Waals surface area contributed by atoms with Gasteiger partial charge in [0.1, 0.15) is 5.75 Å². The summed E-state index contributed by atoms with van der Waals surface area (Å²) in [7, 11) is 0. The molecule has 2 nitrogen and oxygen atoms in total. The maximum absolute atomic E-state index is 12.4. The molecule has 1 unspecified atom stereocenters. The van der Waals surface area contributed by atoms with E-state index in [1.807, 2.05) is 12.1 Å². The Morgan fingerprint density at radius 1 is 1.41 bits per heavy atom. The summed E-state index contributed by atoms with van der Waals surface area (Å²) in [6.45, 7) is 2.80. The predicted molar refractivity (Wildman–Crippen MR) is 66.5 cm³/mol. The zero-order valence-corrected chi connectivity index (χ0v) is 10.2. The summed E-state index contributed by atoms with van der Waals surface area (Å²) in [5, 5.41) is 0. The Balaban J connectivity index is 1.93. The van der Waals surface area contributed by atoms with E-state index in [2.05, 4.69) is 13.0 Å². The van der Waals surface area contributed by atoms with Crippen molar-refractivity contribution in [3.8, 4) is 5.75 Å². The summed E-state index contributed by atoms with van der Waals surface area (Å²) in [5.74, 6) is 1.90. The summed E-state index contributed by atoms with van der Waals surface area (Å²) in [4.78, 5) is 12.4. The summed E-state index contributed by atoms with van der Waals surface area (Å²) in [5.41, 5.74) is 2.01. The Morgan fingerprint density at radius 2 is 2.24 bits per heavy atom. The van der Waals surface area contributed by atoms with E-state index in [1.54, 1.807) is 0 Å². The van der Waals surface area contributed by atoms with Crippen molar-refractivity contribution in [1.82, 2.24) is 0 Å². The number of fused-ring (bicyclic) bond motifs is 1. The first kappa shape index (κ1) is 10.8. The van der Waals surface area contributed by atoms with Crippen LogP contribution in [0.15, 0.2) is 18.2 Å². The molecule has 1 aliphatic heterocycles. The van der Waals surface area contributed by atoms with Gasteiger partial charge in [0.05, 0.1) is 12.2 Å². The van der Waals surface area contributed by atoms with Crippen LogP contribution in [0.4, 0.5) is 0 Å². The third-order valence-corrected chi connectivity index (χ3v) is 3.94. The Hall–Kier alpha value is -1.31. The van der Waals surface area contributed by atoms with Crippen LogP contribution in [-0.2, 0) is 6.42 Å². The molecule has 1 atom stereocenters. The van der Waals surface area contributed by atoms with E-state index >= 15 is 0 Å². The molecular formula is C15H18O2. The Kier molecular flexibility index (Phi) is 2.65. The normalized spacial score (nSPS) is 20.3. The summed E-state index contributed by atoms with van der Waals surface area (Å²) in [6, 6.07) is 5.98. The highest BCUT2D eigenvalue weighted by atomic mass is 16.5. The molecule has 0 amide bonds. The third-order valence-electron chi connectivity index (χ3n) is 3.94. The monoisotopic (exact) mass is 230 g/mol. The zero-order chi connectivity index (χ0) is 11.8. The molecule has 0 radical (unpaired) electrons. The molecule has 0 bridgehead atoms. The van der Waals surface area contributed by atoms with Gasteiger partial charge in [-0.15, -0.1) is 0 Å². The van der Waals surface area contributed by atoms with Crippen molar-refractivity contribution < 1.29 is 9.53 Å². The van der Waals surface area contributed by atoms with E-state index in [9.17, 15) is 4.79 Å². The van der Waals surface area contributed by atoms with Crippen LogP contribution in [0.5, 0.6) is 5.75 Å². The number of ketones is 1. The molecule has 1 saturated carbocycles. The van der Waals surface area contributed by atoms with E-state index in [-0.39, 0.29) is 11.7 Å². The number of carbonyl (C=O) groups is 1. The molecule has 2 aliphatic rings. The van der Waals surface area contributed by atoms with Crippen molar-refractivity contribution in [2.75, 3.05) is 6.61 Å². The molecule has 0 aromatic heterocycles. The van der Waals surface area contributed by atoms with Crippen LogP contribution in [0.25, 0.3) is 0 Å². The third kappa shape index (κ3) is 1.97. The lowest BCUT2D eigenvalue weighted by molar-refractivity contribution is 0.0911. The number of carbonyl (C=O) groups excluding carboxylic acids is 1. The predicted octanol–water partition coefficient (Wildman–Crippen LogP) is 3.24. The molecular weight excluding hydrogens is 212 g/mol. The number of Topliss-reactive ketones (excluding diaryl/α,β-unsaturated/α-hetero) is 1. The second-order valence-electron chi connectivity index (χ2n) is 5.24. The molecule has 1 aliphatic carbocycles. The van der Waals surface area contributed by atoms with E-state index < -0.39 is 0 Å². The molecule has 2 heteroatoms. The smallest absolute Gasteiger partial charge is 0.169 e. The second-order valence-corrected chi connectivity index (χ2v) is 5.24. The number of ether oxygens (including phenoxy) is 1. The van der Waals surface area contributed by atoms with E-state index in [4.69, 9.17) is 4.74 Å². The Labute approximate surface area is 102 Å². The first-order valence-corrected chi connectivity index (χ1v) is 6.56. The van der Waals surface area contributed by atoms with E-state index in [0.717, 1.165) is 30.8 Å². The minimum Gasteiger partial charge on any atom is -0.493 e. The first-order chi connectivity index (χ1) is 8.27. The molecule has 90 valence electrons. The average Bonchev–Trinajstić information content (AvgIpc) is 3.20. The van der Waals surface area contributed by atoms with E-state index in [0.29, 0.717) is 5.92 Å². The van der Waals surface area contributed by atoms with Gasteiger partial charge in [-0.1, -0.05) is 19.1 Å². The molecule has 17 heavy (non-hydrogen) atoms. The molecule has 0 saturated heterocycles. The van der Waals surface area contributed by atoms with Crippen LogP contribution in [0.3, 0.4) is 0 Å². The van der Waals surface area contributed by atoms with Crippen molar-refractivity contribution >= 4 is 5.78 Å². The molecule has 1 fully saturated rings. The number of hydrogen-bond donors (Lipinski definition) is 0. The van der Waals surface area contributed by atoms with Gasteiger partial charge >= 0.3 is 0 Å². The van der Waals surface area contributed by atoms with Gasteiger partial charge in [0, 0.05) is 5.92 Å². The van der Waals surface area contributed by atoms with Gasteiger partial charge in [-0.25, -0.2) is 0 Å². The van der Waals surface area contributed by atoms with Gasteiger partial charge < -0.3 is 4.74 Å². The highest BCUT2D eigenvalue weighted by molar-refractivity contribution is 6.00. The zero-order valence-electron chi connectivity index (χ0n) is 10.2. The molecule has 0 spiro atoms. The molecule has 1 heterocycles. The fraction of sp³-hybridized carbons (Fsp3) is 0.533. The molecule has 1 aromatic carbocycles. The highest BCUT2D eigenvalue weighted by Crippen LogP contribution is 2.40. The lowest BCUT2D eigenvalue weighted by Gasteiger charge is -2.21. The summed E-state index contributed by atoms with van der Waals surface area (Å²) < 4.78 is 5.71. The fourth-order valence-electron chi connectivity index (χ4n) is 2.64. The summed E-state index contributed by atoms with van der Waals surface area (Å²) in [6.07, 6.45) is 4.52. The maximum Gasteiger partial charge on any atom is 0.169 e. The van der Waals surface area contributed by atoms with E-state index in [1.165, 1.54) is 18.4 Å². The van der Waals surface area contributed by atoms with Gasteiger partial charge in [0.2, 0.25) is 0 Å². The number of benzene rings is 1. The number of rotatable bonds is 3. The van der Waals surface area contributed by atoms with Crippen LogP contribution >= 0.6 is 0 Å². The average molecular weight is 230 g/mol. The van der Waals surface area contributed by atoms with Gasteiger partial charge in [0.25, 0.3) is 0 Å². The van der Waals surface area contributed by atoms with Crippen LogP contribution < -0.4 is 4.74 Å². The van der Waals surface area contributed by atoms with Gasteiger partial charge in [-0.3, -0.25) is 4.79 Å². The first-order valence-electron chi connectivity index (χ1n) is 6.56. The highest BCUT2D eigenvalue weighted by Gasteiger charge is 2.34. The minimum absolute atomic E-state index is 0.159. The van der Waals surface area contributed by atoms with Crippen molar-refractivity contribution in [3.63, 3.8) is 0 Å². The van der Waals surface area contributed by atoms with Gasteiger partial charge in [-0.05, 0) is 43.2 Å². The van der Waals surface area contributed by atoms with Crippen molar-refractivity contribution in [2.45, 2.75) is 32.6 Å². The minimum atomic E-state index is 0.159. The SMILES string of the molecule is CC(C(=O)c1cccc2c1OCCC2)C1CC1. The Bertz CT molecular complexity index is 446. The maximum atomic E-state index is 12.4. The van der Waals surface area contributed by atoms with Crippen LogP contribution in [0.2, 0.25) is 0 Å². The van der Waals surface area contributed by atoms with Gasteiger partial charge in [-0.2, -0.15) is 0 Å². The van der Waals surface area contributed by atoms with Gasteiger partial charge in [0.15, 0.2) is 5.78 Å². The molecule has 0 N–H and O–H groups in total.